The lowest BCUT2D eigenvalue weighted by atomic mass is 10.0. The van der Waals surface area contributed by atoms with E-state index in [9.17, 15) is 21.6 Å². The number of thiazole rings is 2. The van der Waals surface area contributed by atoms with Crippen LogP contribution in [0.4, 0.5) is 20.7 Å². The van der Waals surface area contributed by atoms with Crippen LogP contribution in [0.25, 0.3) is 0 Å². The molecule has 0 bridgehead atoms. The van der Waals surface area contributed by atoms with Crippen molar-refractivity contribution >= 4 is 80.7 Å². The van der Waals surface area contributed by atoms with Crippen molar-refractivity contribution in [3.8, 4) is 0 Å². The fourth-order valence-electron chi connectivity index (χ4n) is 4.10. The van der Waals surface area contributed by atoms with Gasteiger partial charge in [-0.1, -0.05) is 15.9 Å². The van der Waals surface area contributed by atoms with E-state index < -0.39 is 31.7 Å². The molecule has 3 N–H and O–H groups in total. The first-order chi connectivity index (χ1) is 21.2. The predicted octanol–water partition coefficient (Wildman–Crippen LogP) is 6.14. The molecule has 4 aromatic rings. The van der Waals surface area contributed by atoms with Crippen molar-refractivity contribution in [2.75, 3.05) is 27.4 Å². The van der Waals surface area contributed by atoms with Gasteiger partial charge < -0.3 is 15.0 Å². The minimum absolute atomic E-state index is 0.0725. The molecule has 17 heteroatoms. The van der Waals surface area contributed by atoms with Crippen LogP contribution in [-0.2, 0) is 24.8 Å². The molecule has 45 heavy (non-hydrogen) atoms. The molecule has 1 aliphatic heterocycles. The van der Waals surface area contributed by atoms with E-state index in [1.54, 1.807) is 59.6 Å². The Kier molecular flexibility index (Phi) is 11.5. The molecule has 1 amide bonds. The number of carbonyl (C=O) groups is 1. The van der Waals surface area contributed by atoms with E-state index in [0.29, 0.717) is 10.3 Å². The number of benzene rings is 2. The van der Waals surface area contributed by atoms with Crippen LogP contribution in [0.1, 0.15) is 33.6 Å². The summed E-state index contributed by atoms with van der Waals surface area (Å²) in [6, 6.07) is 13.3. The fraction of sp³-hybridized carbons (Fsp3) is 0.321. The largest absolute Gasteiger partial charge is 0.444 e. The van der Waals surface area contributed by atoms with Gasteiger partial charge in [-0.25, -0.2) is 31.6 Å². The van der Waals surface area contributed by atoms with Crippen LogP contribution in [0.2, 0.25) is 0 Å². The van der Waals surface area contributed by atoms with Crippen LogP contribution in [0, 0.1) is 0 Å². The molecule has 1 fully saturated rings. The summed E-state index contributed by atoms with van der Waals surface area (Å²) in [5.74, 6) is 0. The van der Waals surface area contributed by atoms with Crippen LogP contribution in [0.5, 0.6) is 0 Å². The second kappa shape index (κ2) is 14.9. The average molecular weight is 758 g/mol. The number of rotatable bonds is 8. The van der Waals surface area contributed by atoms with Crippen molar-refractivity contribution in [2.45, 2.75) is 55.0 Å². The van der Waals surface area contributed by atoms with E-state index in [0.717, 1.165) is 36.1 Å². The van der Waals surface area contributed by atoms with Crippen molar-refractivity contribution < 1.29 is 26.4 Å². The SMILES string of the molecule is CC(C)(C)OC(=O)NC1CCN(c2ccc(S(=O)(=O)Nc3nccs3)cc2)CC1.O=S(=O)(Nc1nccs1)c1ccc(Br)cc1. The second-order valence-corrected chi connectivity index (χ2v) is 16.8. The summed E-state index contributed by atoms with van der Waals surface area (Å²) in [5.41, 5.74) is 0.440. The number of hydrogen-bond acceptors (Lipinski definition) is 11. The Morgan fingerprint density at radius 1 is 0.844 bits per heavy atom. The van der Waals surface area contributed by atoms with Crippen molar-refractivity contribution in [3.63, 3.8) is 0 Å². The minimum atomic E-state index is -3.65. The molecule has 1 saturated heterocycles. The Morgan fingerprint density at radius 3 is 1.73 bits per heavy atom. The number of aromatic nitrogens is 2. The van der Waals surface area contributed by atoms with E-state index in [1.165, 1.54) is 34.8 Å². The Morgan fingerprint density at radius 2 is 1.31 bits per heavy atom. The zero-order valence-corrected chi connectivity index (χ0v) is 29.5. The maximum atomic E-state index is 12.4. The quantitative estimate of drug-likeness (QED) is 0.192. The number of halogens is 1. The van der Waals surface area contributed by atoms with Crippen LogP contribution < -0.4 is 19.7 Å². The summed E-state index contributed by atoms with van der Waals surface area (Å²) in [5, 5.41) is 7.04. The molecule has 3 heterocycles. The lowest BCUT2D eigenvalue weighted by Gasteiger charge is -2.34. The van der Waals surface area contributed by atoms with E-state index in [1.807, 2.05) is 20.8 Å². The molecular formula is C28H33BrN6O6S4. The van der Waals surface area contributed by atoms with Crippen molar-refractivity contribution in [1.29, 1.82) is 0 Å². The van der Waals surface area contributed by atoms with E-state index in [2.05, 4.69) is 45.6 Å². The summed E-state index contributed by atoms with van der Waals surface area (Å²) in [4.78, 5) is 22.3. The highest BCUT2D eigenvalue weighted by Crippen LogP contribution is 2.24. The molecule has 0 spiro atoms. The minimum Gasteiger partial charge on any atom is -0.444 e. The highest BCUT2D eigenvalue weighted by Gasteiger charge is 2.24. The van der Waals surface area contributed by atoms with E-state index in [-0.39, 0.29) is 15.8 Å². The molecule has 0 radical (unpaired) electrons. The smallest absolute Gasteiger partial charge is 0.407 e. The molecule has 2 aromatic heterocycles. The zero-order valence-electron chi connectivity index (χ0n) is 24.6. The predicted molar refractivity (Wildman–Crippen MR) is 181 cm³/mol. The van der Waals surface area contributed by atoms with Gasteiger partial charge in [0.1, 0.15) is 5.60 Å². The first-order valence-electron chi connectivity index (χ1n) is 13.6. The number of ether oxygens (including phenoxy) is 1. The van der Waals surface area contributed by atoms with Crippen molar-refractivity contribution in [2.24, 2.45) is 0 Å². The number of nitrogens with zero attached hydrogens (tertiary/aromatic N) is 3. The molecule has 5 rings (SSSR count). The van der Waals surface area contributed by atoms with Gasteiger partial charge in [-0.3, -0.25) is 9.44 Å². The van der Waals surface area contributed by atoms with Gasteiger partial charge in [0.15, 0.2) is 10.3 Å². The average Bonchev–Trinajstić information content (AvgIpc) is 3.67. The molecule has 2 aromatic carbocycles. The number of alkyl carbamates (subject to hydrolysis) is 1. The molecule has 0 aliphatic carbocycles. The maximum absolute atomic E-state index is 12.4. The molecule has 0 atom stereocenters. The summed E-state index contributed by atoms with van der Waals surface area (Å²) in [6.45, 7) is 7.05. The lowest BCUT2D eigenvalue weighted by molar-refractivity contribution is 0.0497. The van der Waals surface area contributed by atoms with Gasteiger partial charge >= 0.3 is 6.09 Å². The first-order valence-corrected chi connectivity index (χ1v) is 19.2. The molecule has 1 aliphatic rings. The summed E-state index contributed by atoms with van der Waals surface area (Å²) in [7, 11) is -7.17. The number of hydrogen-bond donors (Lipinski definition) is 3. The molecule has 0 unspecified atom stereocenters. The van der Waals surface area contributed by atoms with Crippen LogP contribution in [0.15, 0.2) is 85.9 Å². The third-order valence-corrected chi connectivity index (χ3v) is 11.0. The van der Waals surface area contributed by atoms with Crippen molar-refractivity contribution in [3.05, 3.63) is 76.2 Å². The zero-order chi connectivity index (χ0) is 32.7. The number of nitrogens with one attached hydrogen (secondary N) is 3. The maximum Gasteiger partial charge on any atom is 0.407 e. The topological polar surface area (TPSA) is 160 Å². The highest BCUT2D eigenvalue weighted by atomic mass is 79.9. The monoisotopic (exact) mass is 756 g/mol. The summed E-state index contributed by atoms with van der Waals surface area (Å²) < 4.78 is 59.5. The number of sulfonamides is 2. The van der Waals surface area contributed by atoms with E-state index >= 15 is 0 Å². The number of amides is 1. The Balaban J connectivity index is 0.000000242. The Labute approximate surface area is 279 Å². The molecule has 242 valence electrons. The van der Waals surface area contributed by atoms with Gasteiger partial charge in [0, 0.05) is 52.4 Å². The van der Waals surface area contributed by atoms with Gasteiger partial charge in [-0.15, -0.1) is 22.7 Å². The normalized spacial score (nSPS) is 14.2. The van der Waals surface area contributed by atoms with Gasteiger partial charge in [0.2, 0.25) is 0 Å². The summed E-state index contributed by atoms with van der Waals surface area (Å²) in [6.07, 6.45) is 4.30. The Bertz CT molecular complexity index is 1740. The van der Waals surface area contributed by atoms with Crippen LogP contribution >= 0.6 is 38.6 Å². The fourth-order valence-corrected chi connectivity index (χ4v) is 7.94. The van der Waals surface area contributed by atoms with Crippen molar-refractivity contribution in [1.82, 2.24) is 15.3 Å². The molecule has 12 nitrogen and oxygen atoms in total. The number of anilines is 3. The third kappa shape index (κ3) is 10.7. The number of carbonyl (C=O) groups excluding carboxylic acids is 1. The van der Waals surface area contributed by atoms with Gasteiger partial charge in [0.25, 0.3) is 20.0 Å². The second-order valence-electron chi connectivity index (χ2n) is 10.7. The van der Waals surface area contributed by atoms with E-state index in [4.69, 9.17) is 4.74 Å². The van der Waals surface area contributed by atoms with Crippen LogP contribution in [0.3, 0.4) is 0 Å². The first kappa shape index (κ1) is 34.6. The van der Waals surface area contributed by atoms with Gasteiger partial charge in [0.05, 0.1) is 9.79 Å². The third-order valence-electron chi connectivity index (χ3n) is 6.16. The molecular weight excluding hydrogens is 725 g/mol. The van der Waals surface area contributed by atoms with Gasteiger partial charge in [-0.05, 0) is 82.1 Å². The standard InChI is InChI=1S/C19H26N4O4S2.C9H7BrN2O2S2/c1-19(2,3)27-18(24)21-14-8-11-23(12-9-14)15-4-6-16(7-5-15)29(25,26)22-17-20-10-13-28-17;10-7-1-3-8(4-2-7)16(13,14)12-9-11-5-6-15-9/h4-7,10,13-14H,8-9,11-12H2,1-3H3,(H,20,22)(H,21,24);1-6H,(H,11,12). The molecule has 0 saturated carbocycles. The summed E-state index contributed by atoms with van der Waals surface area (Å²) >= 11 is 5.71. The Hall–Kier alpha value is -3.25. The highest BCUT2D eigenvalue weighted by molar-refractivity contribution is 9.10. The van der Waals surface area contributed by atoms with Crippen LogP contribution in [-0.4, -0.2) is 57.6 Å². The van der Waals surface area contributed by atoms with Gasteiger partial charge in [-0.2, -0.15) is 0 Å². The lowest BCUT2D eigenvalue weighted by Crippen LogP contribution is -2.46. The number of piperidine rings is 1.